The van der Waals surface area contributed by atoms with Crippen molar-refractivity contribution in [3.8, 4) is 0 Å². The first kappa shape index (κ1) is 14.0. The number of nitrogens with one attached hydrogen (secondary N) is 1. The molecular formula is C14H20N4S. The summed E-state index contributed by atoms with van der Waals surface area (Å²) in [6, 6.07) is 4.20. The lowest BCUT2D eigenvalue weighted by Crippen LogP contribution is -2.19. The number of anilines is 1. The summed E-state index contributed by atoms with van der Waals surface area (Å²) in [5.74, 6) is 0.989. The van der Waals surface area contributed by atoms with E-state index in [0.717, 1.165) is 35.3 Å². The van der Waals surface area contributed by atoms with Crippen molar-refractivity contribution in [2.75, 3.05) is 19.0 Å². The molecule has 0 aliphatic heterocycles. The lowest BCUT2D eigenvalue weighted by molar-refractivity contribution is 0.798. The number of thiazole rings is 1. The van der Waals surface area contributed by atoms with Gasteiger partial charge in [-0.2, -0.15) is 0 Å². The number of pyridine rings is 1. The number of hydrogen-bond acceptors (Lipinski definition) is 5. The molecule has 0 spiro atoms. The highest BCUT2D eigenvalue weighted by atomic mass is 32.1. The molecule has 1 N–H and O–H groups in total. The van der Waals surface area contributed by atoms with Gasteiger partial charge in [-0.05, 0) is 32.5 Å². The van der Waals surface area contributed by atoms with Crippen molar-refractivity contribution < 1.29 is 0 Å². The molecule has 2 rings (SSSR count). The molecule has 2 aromatic rings. The molecule has 0 aliphatic carbocycles. The predicted octanol–water partition coefficient (Wildman–Crippen LogP) is 2.51. The van der Waals surface area contributed by atoms with E-state index >= 15 is 0 Å². The second-order valence-corrected chi connectivity index (χ2v) is 5.72. The molecule has 0 bridgehead atoms. The smallest absolute Gasteiger partial charge is 0.128 e. The molecule has 0 saturated heterocycles. The molecule has 102 valence electrons. The van der Waals surface area contributed by atoms with Crippen LogP contribution in [0.5, 0.6) is 0 Å². The van der Waals surface area contributed by atoms with E-state index in [-0.39, 0.29) is 0 Å². The SMILES string of the molecule is CNCc1ccc(N(C)Cc2csc(C)n2)nc1C. The number of hydrogen-bond donors (Lipinski definition) is 1. The maximum atomic E-state index is 4.66. The molecule has 2 heterocycles. The van der Waals surface area contributed by atoms with Gasteiger partial charge < -0.3 is 10.2 Å². The molecule has 0 amide bonds. The van der Waals surface area contributed by atoms with Crippen LogP contribution in [0.15, 0.2) is 17.5 Å². The highest BCUT2D eigenvalue weighted by molar-refractivity contribution is 7.09. The van der Waals surface area contributed by atoms with Crippen LogP contribution in [0.3, 0.4) is 0 Å². The van der Waals surface area contributed by atoms with E-state index in [9.17, 15) is 0 Å². The van der Waals surface area contributed by atoms with Crippen LogP contribution >= 0.6 is 11.3 Å². The van der Waals surface area contributed by atoms with E-state index in [4.69, 9.17) is 0 Å². The van der Waals surface area contributed by atoms with Crippen molar-refractivity contribution in [2.24, 2.45) is 0 Å². The molecule has 5 heteroatoms. The third-order valence-corrected chi connectivity index (χ3v) is 3.83. The zero-order chi connectivity index (χ0) is 13.8. The average molecular weight is 276 g/mol. The Morgan fingerprint density at radius 2 is 2.05 bits per heavy atom. The number of aromatic nitrogens is 2. The fourth-order valence-corrected chi connectivity index (χ4v) is 2.58. The Kier molecular flexibility index (Phi) is 4.50. The van der Waals surface area contributed by atoms with Gasteiger partial charge in [-0.15, -0.1) is 11.3 Å². The van der Waals surface area contributed by atoms with E-state index in [1.165, 1.54) is 5.56 Å². The summed E-state index contributed by atoms with van der Waals surface area (Å²) in [4.78, 5) is 11.3. The van der Waals surface area contributed by atoms with Crippen molar-refractivity contribution in [3.05, 3.63) is 39.5 Å². The van der Waals surface area contributed by atoms with Crippen LogP contribution in [-0.2, 0) is 13.1 Å². The summed E-state index contributed by atoms with van der Waals surface area (Å²) in [7, 11) is 4.00. The Balaban J connectivity index is 2.10. The first-order valence-electron chi connectivity index (χ1n) is 6.33. The van der Waals surface area contributed by atoms with Crippen LogP contribution < -0.4 is 10.2 Å². The van der Waals surface area contributed by atoms with Crippen molar-refractivity contribution in [3.63, 3.8) is 0 Å². The standard InChI is InChI=1S/C14H20N4S/c1-10-12(7-15-3)5-6-14(16-10)18(4)8-13-9-19-11(2)17-13/h5-6,9,15H,7-8H2,1-4H3. The molecule has 0 saturated carbocycles. The maximum Gasteiger partial charge on any atom is 0.128 e. The molecular weight excluding hydrogens is 256 g/mol. The molecule has 0 aliphatic rings. The maximum absolute atomic E-state index is 4.66. The predicted molar refractivity (Wildman–Crippen MR) is 80.7 cm³/mol. The minimum Gasteiger partial charge on any atom is -0.354 e. The molecule has 19 heavy (non-hydrogen) atoms. The Morgan fingerprint density at radius 1 is 1.26 bits per heavy atom. The second kappa shape index (κ2) is 6.12. The molecule has 0 radical (unpaired) electrons. The van der Waals surface area contributed by atoms with E-state index in [1.807, 2.05) is 21.0 Å². The van der Waals surface area contributed by atoms with Crippen LogP contribution in [0.1, 0.15) is 22.0 Å². The van der Waals surface area contributed by atoms with Gasteiger partial charge in [0.1, 0.15) is 5.82 Å². The Morgan fingerprint density at radius 3 is 2.63 bits per heavy atom. The fraction of sp³-hybridized carbons (Fsp3) is 0.429. The van der Waals surface area contributed by atoms with E-state index in [0.29, 0.717) is 0 Å². The molecule has 4 nitrogen and oxygen atoms in total. The van der Waals surface area contributed by atoms with Crippen molar-refractivity contribution in [1.29, 1.82) is 0 Å². The summed E-state index contributed by atoms with van der Waals surface area (Å²) >= 11 is 1.69. The first-order chi connectivity index (χ1) is 9.10. The highest BCUT2D eigenvalue weighted by Crippen LogP contribution is 2.17. The monoisotopic (exact) mass is 276 g/mol. The van der Waals surface area contributed by atoms with Crippen molar-refractivity contribution in [2.45, 2.75) is 26.9 Å². The molecule has 0 unspecified atom stereocenters. The van der Waals surface area contributed by atoms with Crippen LogP contribution in [-0.4, -0.2) is 24.1 Å². The minimum absolute atomic E-state index is 0.794. The summed E-state index contributed by atoms with van der Waals surface area (Å²) in [5, 5.41) is 6.37. The van der Waals surface area contributed by atoms with Gasteiger partial charge in [-0.1, -0.05) is 6.07 Å². The van der Waals surface area contributed by atoms with Gasteiger partial charge in [0.05, 0.1) is 17.2 Å². The number of rotatable bonds is 5. The molecule has 0 fully saturated rings. The lowest BCUT2D eigenvalue weighted by atomic mass is 10.2. The molecule has 2 aromatic heterocycles. The van der Waals surface area contributed by atoms with Gasteiger partial charge in [0.15, 0.2) is 0 Å². The third kappa shape index (κ3) is 3.52. The summed E-state index contributed by atoms with van der Waals surface area (Å²) in [6.45, 7) is 5.73. The fourth-order valence-electron chi connectivity index (χ4n) is 1.97. The van der Waals surface area contributed by atoms with Crippen molar-refractivity contribution in [1.82, 2.24) is 15.3 Å². The minimum atomic E-state index is 0.794. The quantitative estimate of drug-likeness (QED) is 0.911. The number of aryl methyl sites for hydroxylation is 2. The number of nitrogens with zero attached hydrogens (tertiary/aromatic N) is 3. The second-order valence-electron chi connectivity index (χ2n) is 4.66. The van der Waals surface area contributed by atoms with Gasteiger partial charge in [0, 0.05) is 24.7 Å². The normalized spacial score (nSPS) is 10.7. The average Bonchev–Trinajstić information content (AvgIpc) is 2.77. The summed E-state index contributed by atoms with van der Waals surface area (Å²) in [5.41, 5.74) is 3.42. The topological polar surface area (TPSA) is 41.0 Å². The largest absolute Gasteiger partial charge is 0.354 e. The zero-order valence-corrected chi connectivity index (χ0v) is 12.7. The van der Waals surface area contributed by atoms with E-state index in [2.05, 4.69) is 44.6 Å². The van der Waals surface area contributed by atoms with Gasteiger partial charge in [-0.3, -0.25) is 0 Å². The third-order valence-electron chi connectivity index (χ3n) is 3.00. The first-order valence-corrected chi connectivity index (χ1v) is 7.21. The van der Waals surface area contributed by atoms with Gasteiger partial charge >= 0.3 is 0 Å². The van der Waals surface area contributed by atoms with E-state index in [1.54, 1.807) is 11.3 Å². The Bertz CT molecular complexity index is 550. The Hall–Kier alpha value is -1.46. The van der Waals surface area contributed by atoms with Crippen LogP contribution in [0, 0.1) is 13.8 Å². The van der Waals surface area contributed by atoms with Crippen LogP contribution in [0.4, 0.5) is 5.82 Å². The van der Waals surface area contributed by atoms with Gasteiger partial charge in [0.2, 0.25) is 0 Å². The lowest BCUT2D eigenvalue weighted by Gasteiger charge is -2.18. The van der Waals surface area contributed by atoms with Crippen LogP contribution in [0.2, 0.25) is 0 Å². The molecule has 0 aromatic carbocycles. The summed E-state index contributed by atoms with van der Waals surface area (Å²) in [6.07, 6.45) is 0. The van der Waals surface area contributed by atoms with Gasteiger partial charge in [0.25, 0.3) is 0 Å². The zero-order valence-electron chi connectivity index (χ0n) is 11.9. The summed E-state index contributed by atoms with van der Waals surface area (Å²) < 4.78 is 0. The van der Waals surface area contributed by atoms with Crippen LogP contribution in [0.25, 0.3) is 0 Å². The highest BCUT2D eigenvalue weighted by Gasteiger charge is 2.08. The van der Waals surface area contributed by atoms with E-state index < -0.39 is 0 Å². The van der Waals surface area contributed by atoms with Crippen molar-refractivity contribution >= 4 is 17.2 Å². The Labute approximate surface area is 118 Å². The van der Waals surface area contributed by atoms with Gasteiger partial charge in [-0.25, -0.2) is 9.97 Å². The molecule has 0 atom stereocenters.